The highest BCUT2D eigenvalue weighted by atomic mass is 16.4. The number of hydrogen-bond acceptors (Lipinski definition) is 3. The molecule has 0 radical (unpaired) electrons. The first-order valence-electron chi connectivity index (χ1n) is 6.85. The van der Waals surface area contributed by atoms with Crippen LogP contribution in [0.1, 0.15) is 10.4 Å². The van der Waals surface area contributed by atoms with E-state index >= 15 is 0 Å². The Kier molecular flexibility index (Phi) is 2.69. The van der Waals surface area contributed by atoms with Crippen molar-refractivity contribution in [3.05, 3.63) is 66.2 Å². The maximum absolute atomic E-state index is 11.5. The number of aromatic nitrogens is 1. The van der Waals surface area contributed by atoms with Crippen molar-refractivity contribution in [1.29, 1.82) is 0 Å². The van der Waals surface area contributed by atoms with Crippen LogP contribution >= 0.6 is 0 Å². The van der Waals surface area contributed by atoms with Crippen molar-refractivity contribution in [3.8, 4) is 11.5 Å². The van der Waals surface area contributed by atoms with Crippen LogP contribution in [0.2, 0.25) is 0 Å². The van der Waals surface area contributed by atoms with Gasteiger partial charge in [0.05, 0.1) is 5.56 Å². The lowest BCUT2D eigenvalue weighted by molar-refractivity contribution is 0.0699. The summed E-state index contributed by atoms with van der Waals surface area (Å²) < 4.78 is 5.79. The summed E-state index contributed by atoms with van der Waals surface area (Å²) in [5, 5.41) is 10.9. The van der Waals surface area contributed by atoms with Crippen LogP contribution in [-0.2, 0) is 0 Å². The zero-order chi connectivity index (χ0) is 15.1. The molecule has 0 atom stereocenters. The Morgan fingerprint density at radius 3 is 2.50 bits per heavy atom. The van der Waals surface area contributed by atoms with Crippen LogP contribution in [0.3, 0.4) is 0 Å². The fourth-order valence-electron chi connectivity index (χ4n) is 2.68. The van der Waals surface area contributed by atoms with Crippen LogP contribution < -0.4 is 0 Å². The van der Waals surface area contributed by atoms with Crippen molar-refractivity contribution in [2.45, 2.75) is 0 Å². The smallest absolute Gasteiger partial charge is 0.336 e. The molecule has 4 aromatic rings. The summed E-state index contributed by atoms with van der Waals surface area (Å²) >= 11 is 0. The van der Waals surface area contributed by atoms with Crippen LogP contribution in [0.15, 0.2) is 65.1 Å². The number of carbonyl (C=O) groups is 1. The van der Waals surface area contributed by atoms with Gasteiger partial charge in [-0.25, -0.2) is 9.78 Å². The summed E-state index contributed by atoms with van der Waals surface area (Å²) in [7, 11) is 0. The molecule has 0 spiro atoms. The number of aromatic carboxylic acids is 1. The molecule has 4 rings (SSSR count). The standard InChI is InChI=1S/C18H11NO3/c20-18(21)13-8-4-6-11-5-3-7-12(16(11)13)17-19-14-9-1-2-10-15(14)22-17/h1-10H,(H,20,21). The van der Waals surface area contributed by atoms with Gasteiger partial charge in [-0.3, -0.25) is 0 Å². The molecule has 0 aliphatic heterocycles. The summed E-state index contributed by atoms with van der Waals surface area (Å²) in [4.78, 5) is 16.0. The number of carboxylic acid groups (broad SMARTS) is 1. The first kappa shape index (κ1) is 12.6. The quantitative estimate of drug-likeness (QED) is 0.596. The van der Waals surface area contributed by atoms with Crippen LogP contribution in [-0.4, -0.2) is 16.1 Å². The highest BCUT2D eigenvalue weighted by Gasteiger charge is 2.16. The summed E-state index contributed by atoms with van der Waals surface area (Å²) in [6.07, 6.45) is 0. The summed E-state index contributed by atoms with van der Waals surface area (Å²) in [6.45, 7) is 0. The molecular weight excluding hydrogens is 278 g/mol. The van der Waals surface area contributed by atoms with E-state index < -0.39 is 5.97 Å². The van der Waals surface area contributed by atoms with E-state index in [-0.39, 0.29) is 5.56 Å². The second-order valence-electron chi connectivity index (χ2n) is 5.00. The van der Waals surface area contributed by atoms with Gasteiger partial charge in [0.15, 0.2) is 5.58 Å². The molecule has 0 amide bonds. The van der Waals surface area contributed by atoms with E-state index in [1.165, 1.54) is 0 Å². The Morgan fingerprint density at radius 2 is 1.73 bits per heavy atom. The number of para-hydroxylation sites is 2. The molecule has 4 heteroatoms. The normalized spacial score (nSPS) is 11.1. The van der Waals surface area contributed by atoms with E-state index in [1.54, 1.807) is 12.1 Å². The van der Waals surface area contributed by atoms with Crippen molar-refractivity contribution < 1.29 is 14.3 Å². The molecule has 0 saturated carbocycles. The fourth-order valence-corrected chi connectivity index (χ4v) is 2.68. The molecule has 1 heterocycles. The number of oxazole rings is 1. The zero-order valence-corrected chi connectivity index (χ0v) is 11.5. The first-order chi connectivity index (χ1) is 10.7. The van der Waals surface area contributed by atoms with Gasteiger partial charge in [0.2, 0.25) is 5.89 Å². The molecule has 4 nitrogen and oxygen atoms in total. The number of fused-ring (bicyclic) bond motifs is 2. The Morgan fingerprint density at radius 1 is 0.955 bits per heavy atom. The molecule has 1 N–H and O–H groups in total. The molecule has 22 heavy (non-hydrogen) atoms. The van der Waals surface area contributed by atoms with E-state index in [0.717, 1.165) is 10.9 Å². The largest absolute Gasteiger partial charge is 0.478 e. The number of carboxylic acids is 1. The zero-order valence-electron chi connectivity index (χ0n) is 11.5. The van der Waals surface area contributed by atoms with Crippen LogP contribution in [0.25, 0.3) is 33.3 Å². The molecule has 0 aliphatic rings. The lowest BCUT2D eigenvalue weighted by Crippen LogP contribution is -1.98. The third kappa shape index (κ3) is 1.85. The summed E-state index contributed by atoms with van der Waals surface area (Å²) in [5.41, 5.74) is 2.37. The first-order valence-corrected chi connectivity index (χ1v) is 6.85. The molecule has 0 fully saturated rings. The van der Waals surface area contributed by atoms with Gasteiger partial charge in [-0.1, -0.05) is 36.4 Å². The highest BCUT2D eigenvalue weighted by molar-refractivity contribution is 6.09. The van der Waals surface area contributed by atoms with Gasteiger partial charge in [-0.05, 0) is 29.7 Å². The van der Waals surface area contributed by atoms with Gasteiger partial charge in [-0.15, -0.1) is 0 Å². The minimum Gasteiger partial charge on any atom is -0.478 e. The van der Waals surface area contributed by atoms with Gasteiger partial charge in [0.25, 0.3) is 0 Å². The average Bonchev–Trinajstić information content (AvgIpc) is 2.97. The van der Waals surface area contributed by atoms with E-state index in [2.05, 4.69) is 4.98 Å². The molecule has 1 aromatic heterocycles. The molecule has 0 saturated heterocycles. The second kappa shape index (κ2) is 4.70. The minimum absolute atomic E-state index is 0.246. The van der Waals surface area contributed by atoms with Crippen molar-refractivity contribution in [2.75, 3.05) is 0 Å². The number of benzene rings is 3. The molecule has 0 bridgehead atoms. The second-order valence-corrected chi connectivity index (χ2v) is 5.00. The van der Waals surface area contributed by atoms with Crippen molar-refractivity contribution in [1.82, 2.24) is 4.98 Å². The molecule has 0 aliphatic carbocycles. The maximum Gasteiger partial charge on any atom is 0.336 e. The van der Waals surface area contributed by atoms with E-state index in [4.69, 9.17) is 4.42 Å². The maximum atomic E-state index is 11.5. The van der Waals surface area contributed by atoms with Gasteiger partial charge in [-0.2, -0.15) is 0 Å². The summed E-state index contributed by atoms with van der Waals surface area (Å²) in [5.74, 6) is -0.533. The predicted octanol–water partition coefficient (Wildman–Crippen LogP) is 4.35. The molecule has 3 aromatic carbocycles. The van der Waals surface area contributed by atoms with Crippen LogP contribution in [0.4, 0.5) is 0 Å². The molecular formula is C18H11NO3. The van der Waals surface area contributed by atoms with Crippen molar-refractivity contribution in [2.24, 2.45) is 0 Å². The van der Waals surface area contributed by atoms with E-state index in [1.807, 2.05) is 48.5 Å². The van der Waals surface area contributed by atoms with Crippen molar-refractivity contribution >= 4 is 27.8 Å². The minimum atomic E-state index is -0.964. The Labute approximate surface area is 125 Å². The van der Waals surface area contributed by atoms with Gasteiger partial charge in [0, 0.05) is 10.9 Å². The van der Waals surface area contributed by atoms with E-state index in [9.17, 15) is 9.90 Å². The lowest BCUT2D eigenvalue weighted by Gasteiger charge is -2.06. The third-order valence-electron chi connectivity index (χ3n) is 3.66. The number of hydrogen-bond donors (Lipinski definition) is 1. The molecule has 106 valence electrons. The Balaban J connectivity index is 2.08. The van der Waals surface area contributed by atoms with Gasteiger partial charge in [0.1, 0.15) is 5.52 Å². The van der Waals surface area contributed by atoms with Crippen molar-refractivity contribution in [3.63, 3.8) is 0 Å². The predicted molar refractivity (Wildman–Crippen MR) is 83.9 cm³/mol. The van der Waals surface area contributed by atoms with Crippen LogP contribution in [0.5, 0.6) is 0 Å². The summed E-state index contributed by atoms with van der Waals surface area (Å²) in [6, 6.07) is 18.3. The van der Waals surface area contributed by atoms with Gasteiger partial charge >= 0.3 is 5.97 Å². The Bertz CT molecular complexity index is 979. The number of nitrogens with zero attached hydrogens (tertiary/aromatic N) is 1. The van der Waals surface area contributed by atoms with E-state index in [0.29, 0.717) is 22.4 Å². The van der Waals surface area contributed by atoms with Crippen LogP contribution in [0, 0.1) is 0 Å². The topological polar surface area (TPSA) is 63.3 Å². The highest BCUT2D eigenvalue weighted by Crippen LogP contribution is 2.32. The Hall–Kier alpha value is -3.14. The number of rotatable bonds is 2. The van der Waals surface area contributed by atoms with Gasteiger partial charge < -0.3 is 9.52 Å². The monoisotopic (exact) mass is 289 g/mol. The average molecular weight is 289 g/mol. The lowest BCUT2D eigenvalue weighted by atomic mass is 9.99. The molecule has 0 unspecified atom stereocenters. The third-order valence-corrected chi connectivity index (χ3v) is 3.66. The fraction of sp³-hybridized carbons (Fsp3) is 0. The SMILES string of the molecule is O=C(O)c1cccc2cccc(-c3nc4ccccc4o3)c12.